The minimum Gasteiger partial charge on any atom is -0.424 e. The van der Waals surface area contributed by atoms with Crippen molar-refractivity contribution < 1.29 is 18.7 Å². The third kappa shape index (κ3) is 4.33. The zero-order valence-electron chi connectivity index (χ0n) is 13.9. The van der Waals surface area contributed by atoms with Crippen molar-refractivity contribution in [2.75, 3.05) is 5.32 Å². The predicted molar refractivity (Wildman–Crippen MR) is 97.5 cm³/mol. The molecule has 0 unspecified atom stereocenters. The minimum atomic E-state index is -0.407. The second kappa shape index (κ2) is 7.61. The van der Waals surface area contributed by atoms with Gasteiger partial charge in [-0.15, -0.1) is 0 Å². The second-order valence-electron chi connectivity index (χ2n) is 5.73. The molecule has 1 amide bonds. The SMILES string of the molecule is C=C1OC(=O)C=C1Cc1ccc(NC(=O)/C=C/c2ccccc2F)cc1. The van der Waals surface area contributed by atoms with E-state index in [1.165, 1.54) is 24.3 Å². The van der Waals surface area contributed by atoms with Crippen molar-refractivity contribution in [2.24, 2.45) is 0 Å². The van der Waals surface area contributed by atoms with Crippen LogP contribution in [-0.4, -0.2) is 11.9 Å². The highest BCUT2D eigenvalue weighted by Crippen LogP contribution is 2.22. The van der Waals surface area contributed by atoms with Gasteiger partial charge in [0.25, 0.3) is 0 Å². The van der Waals surface area contributed by atoms with Gasteiger partial charge in [0.1, 0.15) is 11.6 Å². The van der Waals surface area contributed by atoms with Crippen molar-refractivity contribution >= 4 is 23.6 Å². The maximum absolute atomic E-state index is 13.5. The number of esters is 1. The Morgan fingerprint density at radius 1 is 1.15 bits per heavy atom. The van der Waals surface area contributed by atoms with Crippen LogP contribution in [-0.2, 0) is 20.7 Å². The summed E-state index contributed by atoms with van der Waals surface area (Å²) in [6.07, 6.45) is 4.65. The van der Waals surface area contributed by atoms with Crippen molar-refractivity contribution in [3.05, 3.63) is 95.5 Å². The van der Waals surface area contributed by atoms with Crippen LogP contribution in [0.4, 0.5) is 10.1 Å². The fraction of sp³-hybridized carbons (Fsp3) is 0.0476. The van der Waals surface area contributed by atoms with Gasteiger partial charge in [-0.3, -0.25) is 4.79 Å². The van der Waals surface area contributed by atoms with Crippen molar-refractivity contribution in [2.45, 2.75) is 6.42 Å². The smallest absolute Gasteiger partial charge is 0.336 e. The van der Waals surface area contributed by atoms with Crippen molar-refractivity contribution in [1.29, 1.82) is 0 Å². The molecule has 0 atom stereocenters. The van der Waals surface area contributed by atoms with E-state index >= 15 is 0 Å². The van der Waals surface area contributed by atoms with Gasteiger partial charge in [0.15, 0.2) is 0 Å². The molecule has 2 aromatic rings. The summed E-state index contributed by atoms with van der Waals surface area (Å²) in [7, 11) is 0. The molecule has 0 spiro atoms. The first-order valence-electron chi connectivity index (χ1n) is 7.95. The number of hydrogen-bond acceptors (Lipinski definition) is 3. The van der Waals surface area contributed by atoms with Gasteiger partial charge in [-0.1, -0.05) is 36.9 Å². The molecule has 0 aliphatic carbocycles. The number of carbonyl (C=O) groups is 2. The van der Waals surface area contributed by atoms with E-state index in [9.17, 15) is 14.0 Å². The monoisotopic (exact) mass is 349 g/mol. The van der Waals surface area contributed by atoms with Crippen LogP contribution in [0.15, 0.2) is 78.6 Å². The molecular weight excluding hydrogens is 333 g/mol. The summed E-state index contributed by atoms with van der Waals surface area (Å²) >= 11 is 0. The first-order chi connectivity index (χ1) is 12.5. The standard InChI is InChI=1S/C21H16FNO3/c1-14-17(13-21(25)26-14)12-15-6-9-18(10-7-15)23-20(24)11-8-16-4-2-3-5-19(16)22/h2-11,13H,1,12H2,(H,23,24)/b11-8+. The topological polar surface area (TPSA) is 55.4 Å². The molecule has 2 aromatic carbocycles. The molecule has 0 saturated heterocycles. The lowest BCUT2D eigenvalue weighted by atomic mass is 10.0. The predicted octanol–water partition coefficient (Wildman–Crippen LogP) is 4.02. The molecule has 130 valence electrons. The van der Waals surface area contributed by atoms with Crippen LogP contribution in [0.1, 0.15) is 11.1 Å². The van der Waals surface area contributed by atoms with Gasteiger partial charge in [-0.2, -0.15) is 0 Å². The molecule has 1 N–H and O–H groups in total. The van der Waals surface area contributed by atoms with Crippen LogP contribution >= 0.6 is 0 Å². The quantitative estimate of drug-likeness (QED) is 0.655. The fourth-order valence-corrected chi connectivity index (χ4v) is 2.47. The number of allylic oxidation sites excluding steroid dienone is 1. The second-order valence-corrected chi connectivity index (χ2v) is 5.73. The van der Waals surface area contributed by atoms with E-state index in [1.807, 2.05) is 12.1 Å². The summed E-state index contributed by atoms with van der Waals surface area (Å²) in [6, 6.07) is 13.4. The van der Waals surface area contributed by atoms with E-state index in [4.69, 9.17) is 4.74 Å². The summed E-state index contributed by atoms with van der Waals surface area (Å²) < 4.78 is 18.4. The van der Waals surface area contributed by atoms with Crippen LogP contribution < -0.4 is 5.32 Å². The summed E-state index contributed by atoms with van der Waals surface area (Å²) in [5.41, 5.74) is 2.65. The number of carbonyl (C=O) groups excluding carboxylic acids is 2. The van der Waals surface area contributed by atoms with Crippen LogP contribution in [0, 0.1) is 5.82 Å². The fourth-order valence-electron chi connectivity index (χ4n) is 2.47. The lowest BCUT2D eigenvalue weighted by Gasteiger charge is -2.06. The van der Waals surface area contributed by atoms with Gasteiger partial charge in [0.2, 0.25) is 5.91 Å². The van der Waals surface area contributed by atoms with Crippen molar-refractivity contribution in [3.8, 4) is 0 Å². The highest BCUT2D eigenvalue weighted by molar-refractivity contribution is 6.01. The van der Waals surface area contributed by atoms with Crippen molar-refractivity contribution in [3.63, 3.8) is 0 Å². The van der Waals surface area contributed by atoms with E-state index in [0.29, 0.717) is 23.4 Å². The van der Waals surface area contributed by atoms with Gasteiger partial charge < -0.3 is 10.1 Å². The van der Waals surface area contributed by atoms with Gasteiger partial charge in [0.05, 0.1) is 0 Å². The molecule has 0 aromatic heterocycles. The van der Waals surface area contributed by atoms with E-state index in [1.54, 1.807) is 30.3 Å². The Morgan fingerprint density at radius 2 is 1.88 bits per heavy atom. The van der Waals surface area contributed by atoms with E-state index < -0.39 is 5.97 Å². The maximum atomic E-state index is 13.5. The number of ether oxygens (including phenoxy) is 1. The average molecular weight is 349 g/mol. The Hall–Kier alpha value is -3.47. The maximum Gasteiger partial charge on any atom is 0.336 e. The summed E-state index contributed by atoms with van der Waals surface area (Å²) in [5, 5.41) is 2.71. The lowest BCUT2D eigenvalue weighted by Crippen LogP contribution is -2.07. The number of hydrogen-bond donors (Lipinski definition) is 1. The normalized spacial score (nSPS) is 13.7. The molecule has 5 heteroatoms. The van der Waals surface area contributed by atoms with E-state index in [0.717, 1.165) is 11.1 Å². The van der Waals surface area contributed by atoms with Crippen LogP contribution in [0.25, 0.3) is 6.08 Å². The molecule has 0 saturated carbocycles. The summed E-state index contributed by atoms with van der Waals surface area (Å²) in [5.74, 6) is -0.778. The molecule has 0 bridgehead atoms. The number of nitrogens with one attached hydrogen (secondary N) is 1. The number of halogens is 1. The Balaban J connectivity index is 1.60. The Morgan fingerprint density at radius 3 is 2.54 bits per heavy atom. The van der Waals surface area contributed by atoms with Gasteiger partial charge >= 0.3 is 5.97 Å². The molecule has 1 heterocycles. The molecule has 26 heavy (non-hydrogen) atoms. The van der Waals surface area contributed by atoms with Crippen LogP contribution in [0.2, 0.25) is 0 Å². The zero-order chi connectivity index (χ0) is 18.5. The first-order valence-corrected chi connectivity index (χ1v) is 7.95. The molecule has 3 rings (SSSR count). The third-order valence-electron chi connectivity index (χ3n) is 3.81. The molecule has 4 nitrogen and oxygen atoms in total. The molecule has 1 aliphatic rings. The summed E-state index contributed by atoms with van der Waals surface area (Å²) in [4.78, 5) is 23.1. The number of cyclic esters (lactones) is 1. The average Bonchev–Trinajstić information content (AvgIpc) is 2.93. The van der Waals surface area contributed by atoms with Gasteiger partial charge in [-0.25, -0.2) is 9.18 Å². The molecule has 1 aliphatic heterocycles. The number of amides is 1. The first kappa shape index (κ1) is 17.4. The van der Waals surface area contributed by atoms with Crippen LogP contribution in [0.3, 0.4) is 0 Å². The highest BCUT2D eigenvalue weighted by Gasteiger charge is 2.17. The number of benzene rings is 2. The summed E-state index contributed by atoms with van der Waals surface area (Å²) in [6.45, 7) is 3.69. The lowest BCUT2D eigenvalue weighted by molar-refractivity contribution is -0.132. The Bertz CT molecular complexity index is 927. The minimum absolute atomic E-state index is 0.347. The number of anilines is 1. The molecule has 0 fully saturated rings. The van der Waals surface area contributed by atoms with Gasteiger partial charge in [-0.05, 0) is 29.8 Å². The van der Waals surface area contributed by atoms with Crippen molar-refractivity contribution in [1.82, 2.24) is 0 Å². The Kier molecular flexibility index (Phi) is 5.08. The molecular formula is C21H16FNO3. The van der Waals surface area contributed by atoms with E-state index in [2.05, 4.69) is 11.9 Å². The van der Waals surface area contributed by atoms with E-state index in [-0.39, 0.29) is 11.7 Å². The largest absolute Gasteiger partial charge is 0.424 e. The Labute approximate surface area is 150 Å². The number of rotatable bonds is 5. The van der Waals surface area contributed by atoms with Gasteiger partial charge in [0, 0.05) is 35.4 Å². The highest BCUT2D eigenvalue weighted by atomic mass is 19.1. The molecule has 0 radical (unpaired) electrons. The third-order valence-corrected chi connectivity index (χ3v) is 3.81. The van der Waals surface area contributed by atoms with Crippen LogP contribution in [0.5, 0.6) is 0 Å². The zero-order valence-corrected chi connectivity index (χ0v) is 13.9.